The molecule has 2 heterocycles. The summed E-state index contributed by atoms with van der Waals surface area (Å²) >= 11 is 0. The Morgan fingerprint density at radius 2 is 1.70 bits per heavy atom. The van der Waals surface area contributed by atoms with Gasteiger partial charge in [-0.25, -0.2) is 8.42 Å². The molecule has 2 aliphatic heterocycles. The van der Waals surface area contributed by atoms with Gasteiger partial charge < -0.3 is 10.4 Å². The smallest absolute Gasteiger partial charge is 0.243 e. The molecule has 1 unspecified atom stereocenters. The predicted molar refractivity (Wildman–Crippen MR) is 159 cm³/mol. The second-order valence-corrected chi connectivity index (χ2v) is 13.1. The van der Waals surface area contributed by atoms with Crippen LogP contribution in [-0.4, -0.2) is 67.0 Å². The highest BCUT2D eigenvalue weighted by molar-refractivity contribution is 7.89. The van der Waals surface area contributed by atoms with Crippen LogP contribution in [0.5, 0.6) is 0 Å². The molecular formula is C32H39N3O4S. The first-order valence-electron chi connectivity index (χ1n) is 14.0. The average Bonchev–Trinajstić information content (AvgIpc) is 2.89. The number of carbonyl (C=O) groups excluding carboxylic acids is 1. The Morgan fingerprint density at radius 1 is 0.975 bits per heavy atom. The molecule has 7 nitrogen and oxygen atoms in total. The average molecular weight is 562 g/mol. The van der Waals surface area contributed by atoms with Crippen molar-refractivity contribution in [3.63, 3.8) is 0 Å². The van der Waals surface area contributed by atoms with Gasteiger partial charge in [-0.3, -0.25) is 9.69 Å². The number of hydrogen-bond donors (Lipinski definition) is 2. The Balaban J connectivity index is 1.42. The fraction of sp³-hybridized carbons (Fsp3) is 0.406. The number of aliphatic hydroxyl groups is 1. The van der Waals surface area contributed by atoms with E-state index in [1.54, 1.807) is 29.4 Å². The summed E-state index contributed by atoms with van der Waals surface area (Å²) in [6, 6.07) is 19.8. The Bertz CT molecular complexity index is 1500. The zero-order valence-electron chi connectivity index (χ0n) is 23.7. The van der Waals surface area contributed by atoms with Crippen LogP contribution in [0, 0.1) is 20.8 Å². The molecule has 212 valence electrons. The van der Waals surface area contributed by atoms with Gasteiger partial charge in [0.05, 0.1) is 11.5 Å². The van der Waals surface area contributed by atoms with Crippen molar-refractivity contribution in [2.75, 3.05) is 31.6 Å². The van der Waals surface area contributed by atoms with Crippen molar-refractivity contribution in [1.82, 2.24) is 9.21 Å². The molecule has 8 heteroatoms. The Labute approximate surface area is 237 Å². The highest BCUT2D eigenvalue weighted by Crippen LogP contribution is 2.43. The van der Waals surface area contributed by atoms with Crippen LogP contribution in [0.2, 0.25) is 0 Å². The summed E-state index contributed by atoms with van der Waals surface area (Å²) in [6.07, 6.45) is 1.64. The van der Waals surface area contributed by atoms with Gasteiger partial charge in [0, 0.05) is 43.7 Å². The van der Waals surface area contributed by atoms with E-state index in [1.165, 1.54) is 23.6 Å². The number of nitrogens with zero attached hydrogens (tertiary/aromatic N) is 2. The summed E-state index contributed by atoms with van der Waals surface area (Å²) in [4.78, 5) is 14.0. The van der Waals surface area contributed by atoms with E-state index >= 15 is 0 Å². The van der Waals surface area contributed by atoms with Crippen LogP contribution >= 0.6 is 0 Å². The van der Waals surface area contributed by atoms with Gasteiger partial charge in [0.25, 0.3) is 0 Å². The molecule has 0 saturated carbocycles. The summed E-state index contributed by atoms with van der Waals surface area (Å²) in [7, 11) is -3.75. The molecule has 2 aliphatic rings. The zero-order chi connectivity index (χ0) is 28.6. The maximum atomic E-state index is 13.9. The lowest BCUT2D eigenvalue weighted by molar-refractivity contribution is -0.114. The number of amides is 1. The van der Waals surface area contributed by atoms with Crippen LogP contribution in [-0.2, 0) is 14.8 Å². The number of rotatable bonds is 6. The normalized spacial score (nSPS) is 22.1. The van der Waals surface area contributed by atoms with Gasteiger partial charge >= 0.3 is 0 Å². The second kappa shape index (κ2) is 11.4. The Kier molecular flexibility index (Phi) is 8.15. The quantitative estimate of drug-likeness (QED) is 0.449. The Hall–Kier alpha value is -3.04. The lowest BCUT2D eigenvalue weighted by atomic mass is 9.74. The molecule has 0 spiro atoms. The highest BCUT2D eigenvalue weighted by Gasteiger charge is 2.50. The lowest BCUT2D eigenvalue weighted by Gasteiger charge is -2.57. The van der Waals surface area contributed by atoms with E-state index in [1.807, 2.05) is 0 Å². The number of anilines is 1. The molecule has 1 amide bonds. The summed E-state index contributed by atoms with van der Waals surface area (Å²) in [5.74, 6) is -0.160. The van der Waals surface area contributed by atoms with E-state index < -0.39 is 10.0 Å². The van der Waals surface area contributed by atoms with Crippen molar-refractivity contribution in [1.29, 1.82) is 0 Å². The van der Waals surface area contributed by atoms with Crippen molar-refractivity contribution in [2.24, 2.45) is 0 Å². The van der Waals surface area contributed by atoms with Gasteiger partial charge in [0.15, 0.2) is 0 Å². The van der Waals surface area contributed by atoms with Crippen LogP contribution in [0.1, 0.15) is 47.9 Å². The summed E-state index contributed by atoms with van der Waals surface area (Å²) in [6.45, 7) is 9.17. The third kappa shape index (κ3) is 5.33. The van der Waals surface area contributed by atoms with Crippen molar-refractivity contribution < 1.29 is 18.3 Å². The van der Waals surface area contributed by atoms with E-state index in [4.69, 9.17) is 0 Å². The van der Waals surface area contributed by atoms with Crippen LogP contribution in [0.25, 0.3) is 11.1 Å². The fourth-order valence-corrected chi connectivity index (χ4v) is 8.14. The highest BCUT2D eigenvalue weighted by atomic mass is 32.2. The standard InChI is InChI=1S/C32H39N3O4S/c1-21-8-7-9-28(23(21)3)25-10-12-26(13-11-25)32-29-19-34(16-5-6-17-35(29)30(32)20-36)40(38,39)31-15-14-27(18-22(31)2)33-24(4)37/h7-15,18,29-30,32,36H,5-6,16-17,19-20H2,1-4H3,(H,33,37)/t29?,30-,32+/m1/s1. The lowest BCUT2D eigenvalue weighted by Crippen LogP contribution is -2.67. The first-order chi connectivity index (χ1) is 19.1. The molecule has 0 radical (unpaired) electrons. The second-order valence-electron chi connectivity index (χ2n) is 11.2. The molecule has 2 saturated heterocycles. The number of sulfonamides is 1. The van der Waals surface area contributed by atoms with Crippen LogP contribution in [0.3, 0.4) is 0 Å². The molecule has 5 rings (SSSR count). The number of hydrogen-bond acceptors (Lipinski definition) is 5. The van der Waals surface area contributed by atoms with E-state index in [0.29, 0.717) is 24.3 Å². The van der Waals surface area contributed by atoms with Gasteiger partial charge in [-0.15, -0.1) is 0 Å². The minimum absolute atomic E-state index is 0.0160. The van der Waals surface area contributed by atoms with Crippen molar-refractivity contribution >= 4 is 21.6 Å². The van der Waals surface area contributed by atoms with Crippen molar-refractivity contribution in [2.45, 2.75) is 63.4 Å². The van der Waals surface area contributed by atoms with E-state index in [9.17, 15) is 18.3 Å². The van der Waals surface area contributed by atoms with Gasteiger partial charge in [0.1, 0.15) is 0 Å². The molecule has 0 bridgehead atoms. The van der Waals surface area contributed by atoms with E-state index in [-0.39, 0.29) is 35.4 Å². The minimum atomic E-state index is -3.75. The molecule has 3 aromatic rings. The summed E-state index contributed by atoms with van der Waals surface area (Å²) < 4.78 is 29.4. The number of carbonyl (C=O) groups is 1. The molecule has 2 N–H and O–H groups in total. The number of nitrogens with one attached hydrogen (secondary N) is 1. The van der Waals surface area contributed by atoms with Gasteiger partial charge in [0.2, 0.25) is 15.9 Å². The predicted octanol–water partition coefficient (Wildman–Crippen LogP) is 4.85. The molecule has 3 atom stereocenters. The fourth-order valence-electron chi connectivity index (χ4n) is 6.43. The first-order valence-corrected chi connectivity index (χ1v) is 15.5. The van der Waals surface area contributed by atoms with Crippen LogP contribution in [0.4, 0.5) is 5.69 Å². The van der Waals surface area contributed by atoms with Crippen LogP contribution in [0.15, 0.2) is 65.6 Å². The topological polar surface area (TPSA) is 90.0 Å². The monoisotopic (exact) mass is 561 g/mol. The largest absolute Gasteiger partial charge is 0.395 e. The third-order valence-electron chi connectivity index (χ3n) is 8.66. The SMILES string of the molecule is CC(=O)Nc1ccc(S(=O)(=O)N2CCCCN3C(C2)[C@H](c2ccc(-c4cccc(C)c4C)cc2)[C@H]3CO)c(C)c1. The zero-order valence-corrected chi connectivity index (χ0v) is 24.5. The maximum Gasteiger partial charge on any atom is 0.243 e. The van der Waals surface area contributed by atoms with Crippen LogP contribution < -0.4 is 5.32 Å². The Morgan fingerprint density at radius 3 is 2.38 bits per heavy atom. The number of fused-ring (bicyclic) bond motifs is 1. The molecule has 0 aliphatic carbocycles. The molecule has 3 aromatic carbocycles. The van der Waals surface area contributed by atoms with Crippen molar-refractivity contribution in [3.05, 3.63) is 82.9 Å². The summed E-state index contributed by atoms with van der Waals surface area (Å²) in [5, 5.41) is 13.1. The van der Waals surface area contributed by atoms with Crippen molar-refractivity contribution in [3.8, 4) is 11.1 Å². The maximum absolute atomic E-state index is 13.9. The minimum Gasteiger partial charge on any atom is -0.395 e. The summed E-state index contributed by atoms with van der Waals surface area (Å²) in [5.41, 5.74) is 7.20. The van der Waals surface area contributed by atoms with Gasteiger partial charge in [-0.2, -0.15) is 4.31 Å². The molecule has 0 aromatic heterocycles. The molecule has 40 heavy (non-hydrogen) atoms. The third-order valence-corrected chi connectivity index (χ3v) is 10.7. The van der Waals surface area contributed by atoms with Gasteiger partial charge in [-0.05, 0) is 91.7 Å². The number of aryl methyl sites for hydroxylation is 2. The van der Waals surface area contributed by atoms with E-state index in [2.05, 4.69) is 66.5 Å². The first kappa shape index (κ1) is 28.5. The van der Waals surface area contributed by atoms with E-state index in [0.717, 1.165) is 30.5 Å². The number of benzene rings is 3. The van der Waals surface area contributed by atoms with Gasteiger partial charge in [-0.1, -0.05) is 42.5 Å². The number of aliphatic hydroxyl groups excluding tert-OH is 1. The molecular weight excluding hydrogens is 522 g/mol. The molecule has 2 fully saturated rings.